The van der Waals surface area contributed by atoms with E-state index in [0.29, 0.717) is 5.69 Å². The molecule has 6 nitrogen and oxygen atoms in total. The van der Waals surface area contributed by atoms with Crippen molar-refractivity contribution in [2.24, 2.45) is 5.14 Å². The van der Waals surface area contributed by atoms with Gasteiger partial charge in [0.1, 0.15) is 0 Å². The normalized spacial score (nSPS) is 12.2. The van der Waals surface area contributed by atoms with Gasteiger partial charge in [-0.1, -0.05) is 0 Å². The summed E-state index contributed by atoms with van der Waals surface area (Å²) in [4.78, 5) is 11.7. The predicted octanol–water partition coefficient (Wildman–Crippen LogP) is 1.09. The number of anilines is 1. The number of hydrogen-bond donors (Lipinski definition) is 2. The molecule has 1 rings (SSSR count). The van der Waals surface area contributed by atoms with Gasteiger partial charge >= 0.3 is 0 Å². The number of carbonyl (C=O) groups excluding carboxylic acids is 1. The molecule has 0 bridgehead atoms. The van der Waals surface area contributed by atoms with Gasteiger partial charge in [0.05, 0.1) is 16.9 Å². The summed E-state index contributed by atoms with van der Waals surface area (Å²) < 4.78 is 27.3. The maximum Gasteiger partial charge on any atom is 0.238 e. The highest BCUT2D eigenvalue weighted by Gasteiger charge is 2.21. The van der Waals surface area contributed by atoms with E-state index in [9.17, 15) is 13.2 Å². The Balaban J connectivity index is 2.71. The average molecular weight is 286 g/mol. The number of nitrogens with one attached hydrogen (secondary N) is 1. The summed E-state index contributed by atoms with van der Waals surface area (Å²) in [5.74, 6) is -0.213. The van der Waals surface area contributed by atoms with Crippen molar-refractivity contribution in [2.45, 2.75) is 30.8 Å². The van der Waals surface area contributed by atoms with Crippen molar-refractivity contribution in [3.63, 3.8) is 0 Å². The zero-order valence-corrected chi connectivity index (χ0v) is 12.0. The van der Waals surface area contributed by atoms with Crippen LogP contribution in [0, 0.1) is 0 Å². The summed E-state index contributed by atoms with van der Waals surface area (Å²) in [5.41, 5.74) is -0.0470. The molecule has 0 heterocycles. The Labute approximate surface area is 113 Å². The third kappa shape index (κ3) is 4.98. The molecule has 0 fully saturated rings. The highest BCUT2D eigenvalue weighted by Crippen LogP contribution is 2.16. The lowest BCUT2D eigenvalue weighted by atomic mass is 10.0. The molecule has 3 N–H and O–H groups in total. The molecule has 0 saturated carbocycles. The third-order valence-corrected chi connectivity index (χ3v) is 3.53. The fourth-order valence-corrected chi connectivity index (χ4v) is 1.91. The summed E-state index contributed by atoms with van der Waals surface area (Å²) in [6.45, 7) is 3.60. The fraction of sp³-hybridized carbons (Fsp3) is 0.417. The topological polar surface area (TPSA) is 98.5 Å². The van der Waals surface area contributed by atoms with Gasteiger partial charge in [-0.2, -0.15) is 0 Å². The quantitative estimate of drug-likeness (QED) is 0.846. The second kappa shape index (κ2) is 5.68. The Hall–Kier alpha value is -1.44. The molecule has 0 aliphatic heterocycles. The van der Waals surface area contributed by atoms with Gasteiger partial charge in [0.2, 0.25) is 15.9 Å². The summed E-state index contributed by atoms with van der Waals surface area (Å²) in [5, 5.41) is 7.63. The van der Waals surface area contributed by atoms with Crippen LogP contribution >= 0.6 is 0 Å². The van der Waals surface area contributed by atoms with Crippen LogP contribution in [-0.2, 0) is 19.6 Å². The number of amides is 1. The van der Waals surface area contributed by atoms with Crippen molar-refractivity contribution < 1.29 is 17.9 Å². The number of nitrogens with two attached hydrogens (primary N) is 1. The van der Waals surface area contributed by atoms with Gasteiger partial charge in [0.15, 0.2) is 0 Å². The number of carbonyl (C=O) groups is 1. The highest BCUT2D eigenvalue weighted by molar-refractivity contribution is 7.89. The van der Waals surface area contributed by atoms with Crippen LogP contribution in [0.1, 0.15) is 20.3 Å². The molecule has 106 valence electrons. The van der Waals surface area contributed by atoms with E-state index >= 15 is 0 Å². The van der Waals surface area contributed by atoms with Gasteiger partial charge in [-0.3, -0.25) is 4.79 Å². The predicted molar refractivity (Wildman–Crippen MR) is 72.1 cm³/mol. The molecule has 0 spiro atoms. The van der Waals surface area contributed by atoms with Crippen molar-refractivity contribution in [1.82, 2.24) is 0 Å². The molecule has 0 aliphatic carbocycles. The summed E-state index contributed by atoms with van der Waals surface area (Å²) in [6, 6.07) is 5.65. The van der Waals surface area contributed by atoms with Gasteiger partial charge in [0.25, 0.3) is 0 Å². The molecule has 1 aromatic carbocycles. The monoisotopic (exact) mass is 286 g/mol. The minimum absolute atomic E-state index is 0.00252. The van der Waals surface area contributed by atoms with Gasteiger partial charge in [-0.05, 0) is 38.1 Å². The summed E-state index contributed by atoms with van der Waals surface area (Å²) >= 11 is 0. The largest absolute Gasteiger partial charge is 0.378 e. The van der Waals surface area contributed by atoms with Crippen LogP contribution in [0.15, 0.2) is 29.2 Å². The van der Waals surface area contributed by atoms with Crippen molar-refractivity contribution in [3.8, 4) is 0 Å². The third-order valence-electron chi connectivity index (χ3n) is 2.61. The maximum absolute atomic E-state index is 11.7. The molecule has 0 atom stereocenters. The van der Waals surface area contributed by atoms with Crippen LogP contribution < -0.4 is 10.5 Å². The van der Waals surface area contributed by atoms with E-state index in [4.69, 9.17) is 9.88 Å². The van der Waals surface area contributed by atoms with Crippen molar-refractivity contribution in [3.05, 3.63) is 24.3 Å². The molecular formula is C12H18N2O4S. The second-order valence-corrected chi connectivity index (χ2v) is 6.32. The molecule has 0 unspecified atom stereocenters. The number of methoxy groups -OCH3 is 1. The first-order valence-corrected chi connectivity index (χ1v) is 7.16. The molecule has 1 amide bonds. The summed E-state index contributed by atoms with van der Waals surface area (Å²) in [7, 11) is -2.18. The lowest BCUT2D eigenvalue weighted by Crippen LogP contribution is -2.29. The van der Waals surface area contributed by atoms with E-state index in [1.165, 1.54) is 31.4 Å². The van der Waals surface area contributed by atoms with E-state index in [2.05, 4.69) is 5.32 Å². The van der Waals surface area contributed by atoms with Crippen molar-refractivity contribution >= 4 is 21.6 Å². The van der Waals surface area contributed by atoms with Gasteiger partial charge in [0, 0.05) is 12.8 Å². The minimum Gasteiger partial charge on any atom is -0.378 e. The Morgan fingerprint density at radius 1 is 1.32 bits per heavy atom. The zero-order chi connectivity index (χ0) is 14.7. The average Bonchev–Trinajstić information content (AvgIpc) is 2.27. The van der Waals surface area contributed by atoms with Crippen LogP contribution in [0.3, 0.4) is 0 Å². The fourth-order valence-electron chi connectivity index (χ4n) is 1.39. The maximum atomic E-state index is 11.7. The van der Waals surface area contributed by atoms with Crippen LogP contribution in [0.25, 0.3) is 0 Å². The lowest BCUT2D eigenvalue weighted by molar-refractivity contribution is -0.121. The van der Waals surface area contributed by atoms with E-state index < -0.39 is 15.6 Å². The Kier molecular flexibility index (Phi) is 4.67. The van der Waals surface area contributed by atoms with E-state index in [1.54, 1.807) is 13.8 Å². The number of sulfonamides is 1. The SMILES string of the molecule is COC(C)(C)CC(=O)Nc1ccc(S(N)(=O)=O)cc1. The number of hydrogen-bond acceptors (Lipinski definition) is 4. The van der Waals surface area contributed by atoms with Gasteiger partial charge in [-0.25, -0.2) is 13.6 Å². The van der Waals surface area contributed by atoms with Crippen LogP contribution in [0.5, 0.6) is 0 Å². The van der Waals surface area contributed by atoms with Crippen molar-refractivity contribution in [2.75, 3.05) is 12.4 Å². The molecule has 19 heavy (non-hydrogen) atoms. The molecule has 0 aromatic heterocycles. The van der Waals surface area contributed by atoms with Crippen LogP contribution in [0.4, 0.5) is 5.69 Å². The van der Waals surface area contributed by atoms with Crippen LogP contribution in [-0.4, -0.2) is 27.0 Å². The Morgan fingerprint density at radius 2 is 1.84 bits per heavy atom. The molecular weight excluding hydrogens is 268 g/mol. The number of primary sulfonamides is 1. The number of ether oxygens (including phenoxy) is 1. The van der Waals surface area contributed by atoms with E-state index in [-0.39, 0.29) is 17.2 Å². The zero-order valence-electron chi connectivity index (χ0n) is 11.1. The molecule has 0 radical (unpaired) electrons. The lowest BCUT2D eigenvalue weighted by Gasteiger charge is -2.21. The van der Waals surface area contributed by atoms with Gasteiger partial charge in [-0.15, -0.1) is 0 Å². The first kappa shape index (κ1) is 15.6. The minimum atomic E-state index is -3.71. The smallest absolute Gasteiger partial charge is 0.238 e. The molecule has 0 aliphatic rings. The second-order valence-electron chi connectivity index (χ2n) is 4.76. The van der Waals surface area contributed by atoms with E-state index in [1.807, 2.05) is 0 Å². The Morgan fingerprint density at radius 3 is 2.26 bits per heavy atom. The molecule has 1 aromatic rings. The summed E-state index contributed by atoms with van der Waals surface area (Å²) in [6.07, 6.45) is 0.195. The highest BCUT2D eigenvalue weighted by atomic mass is 32.2. The van der Waals surface area contributed by atoms with Gasteiger partial charge < -0.3 is 10.1 Å². The Bertz CT molecular complexity index is 550. The first-order chi connectivity index (χ1) is 8.64. The van der Waals surface area contributed by atoms with E-state index in [0.717, 1.165) is 0 Å². The number of rotatable bonds is 5. The molecule has 7 heteroatoms. The number of benzene rings is 1. The van der Waals surface area contributed by atoms with Crippen LogP contribution in [0.2, 0.25) is 0 Å². The first-order valence-electron chi connectivity index (χ1n) is 5.62. The molecule has 0 saturated heterocycles. The standard InChI is InChI=1S/C12H18N2O4S/c1-12(2,18-3)8-11(15)14-9-4-6-10(7-5-9)19(13,16)17/h4-7H,8H2,1-3H3,(H,14,15)(H2,13,16,17). The van der Waals surface area contributed by atoms with Crippen molar-refractivity contribution in [1.29, 1.82) is 0 Å².